The molecule has 7 heteroatoms. The van der Waals surface area contributed by atoms with Gasteiger partial charge in [0, 0.05) is 17.1 Å². The molecule has 0 radical (unpaired) electrons. The highest BCUT2D eigenvalue weighted by molar-refractivity contribution is 6.02. The molecule has 0 amide bonds. The van der Waals surface area contributed by atoms with E-state index in [0.717, 1.165) is 6.07 Å². The predicted octanol–water partition coefficient (Wildman–Crippen LogP) is 4.78. The third-order valence-corrected chi connectivity index (χ3v) is 3.32. The molecule has 2 aromatic carbocycles. The summed E-state index contributed by atoms with van der Waals surface area (Å²) in [7, 11) is 0. The number of benzene rings is 2. The van der Waals surface area contributed by atoms with Crippen molar-refractivity contribution in [3.8, 4) is 5.88 Å². The molecule has 3 nitrogen and oxygen atoms in total. The monoisotopic (exact) mass is 322 g/mol. The Labute approximate surface area is 127 Å². The Morgan fingerprint density at radius 1 is 1.09 bits per heavy atom. The van der Waals surface area contributed by atoms with E-state index in [0.29, 0.717) is 28.6 Å². The van der Waals surface area contributed by atoms with E-state index in [-0.39, 0.29) is 11.6 Å². The summed E-state index contributed by atoms with van der Waals surface area (Å²) in [5.74, 6) is -1.50. The van der Waals surface area contributed by atoms with Crippen LogP contribution in [0.5, 0.6) is 5.88 Å². The number of aliphatic imine (C=N–C) groups is 1. The van der Waals surface area contributed by atoms with Crippen molar-refractivity contribution in [1.29, 1.82) is 0 Å². The zero-order valence-corrected chi connectivity index (χ0v) is 11.5. The van der Waals surface area contributed by atoms with Crippen LogP contribution in [0.25, 0.3) is 10.9 Å². The average Bonchev–Trinajstić information content (AvgIpc) is 2.81. The van der Waals surface area contributed by atoms with Crippen molar-refractivity contribution in [3.05, 3.63) is 59.4 Å². The molecule has 118 valence electrons. The van der Waals surface area contributed by atoms with E-state index in [1.165, 1.54) is 6.21 Å². The number of hydrogen-bond acceptors (Lipinski definition) is 2. The van der Waals surface area contributed by atoms with Crippen LogP contribution in [0, 0.1) is 5.82 Å². The summed E-state index contributed by atoms with van der Waals surface area (Å²) in [4.78, 5) is 6.64. The van der Waals surface area contributed by atoms with E-state index in [1.54, 1.807) is 24.3 Å². The Kier molecular flexibility index (Phi) is 3.55. The molecule has 0 aliphatic carbocycles. The van der Waals surface area contributed by atoms with Gasteiger partial charge < -0.3 is 10.1 Å². The number of para-hydroxylation sites is 1. The van der Waals surface area contributed by atoms with Crippen molar-refractivity contribution in [2.75, 3.05) is 0 Å². The molecule has 23 heavy (non-hydrogen) atoms. The van der Waals surface area contributed by atoms with Crippen LogP contribution in [0.15, 0.2) is 47.5 Å². The summed E-state index contributed by atoms with van der Waals surface area (Å²) in [6.45, 7) is 0. The Hall–Kier alpha value is -2.83. The van der Waals surface area contributed by atoms with Crippen LogP contribution in [0.1, 0.15) is 11.1 Å². The maximum absolute atomic E-state index is 13.2. The van der Waals surface area contributed by atoms with Gasteiger partial charge in [0.05, 0.1) is 16.8 Å². The molecule has 3 rings (SSSR count). The molecule has 2 N–H and O–H groups in total. The quantitative estimate of drug-likeness (QED) is 0.517. The molecule has 0 aliphatic rings. The third-order valence-electron chi connectivity index (χ3n) is 3.32. The van der Waals surface area contributed by atoms with E-state index in [2.05, 4.69) is 9.98 Å². The molecule has 0 saturated carbocycles. The van der Waals surface area contributed by atoms with Gasteiger partial charge in [-0.2, -0.15) is 13.2 Å². The summed E-state index contributed by atoms with van der Waals surface area (Å²) in [5.41, 5.74) is -0.432. The Bertz CT molecular complexity index is 897. The number of aromatic nitrogens is 1. The van der Waals surface area contributed by atoms with Gasteiger partial charge in [0.1, 0.15) is 5.82 Å². The van der Waals surface area contributed by atoms with E-state index in [9.17, 15) is 22.7 Å². The third kappa shape index (κ3) is 2.90. The molecule has 0 spiro atoms. The van der Waals surface area contributed by atoms with Gasteiger partial charge in [-0.15, -0.1) is 0 Å². The van der Waals surface area contributed by atoms with Gasteiger partial charge >= 0.3 is 6.18 Å². The van der Waals surface area contributed by atoms with Crippen LogP contribution in [0.3, 0.4) is 0 Å². The van der Waals surface area contributed by atoms with E-state index >= 15 is 0 Å². The molecule has 0 saturated heterocycles. The van der Waals surface area contributed by atoms with Crippen molar-refractivity contribution in [2.24, 2.45) is 4.99 Å². The zero-order chi connectivity index (χ0) is 16.6. The van der Waals surface area contributed by atoms with Crippen molar-refractivity contribution >= 4 is 22.8 Å². The topological polar surface area (TPSA) is 48.4 Å². The fourth-order valence-electron chi connectivity index (χ4n) is 2.23. The van der Waals surface area contributed by atoms with Crippen molar-refractivity contribution in [1.82, 2.24) is 4.98 Å². The van der Waals surface area contributed by atoms with Gasteiger partial charge in [-0.25, -0.2) is 4.39 Å². The lowest BCUT2D eigenvalue weighted by Gasteiger charge is -2.08. The van der Waals surface area contributed by atoms with Gasteiger partial charge in [0.15, 0.2) is 5.88 Å². The van der Waals surface area contributed by atoms with Crippen LogP contribution in [-0.4, -0.2) is 16.3 Å². The number of halogens is 4. The van der Waals surface area contributed by atoms with E-state index in [4.69, 9.17) is 0 Å². The number of hydrogen-bond donors (Lipinski definition) is 2. The Balaban J connectivity index is 2.01. The van der Waals surface area contributed by atoms with Gasteiger partial charge in [0.25, 0.3) is 0 Å². The minimum atomic E-state index is -4.79. The number of aromatic amines is 1. The zero-order valence-electron chi connectivity index (χ0n) is 11.5. The molecular weight excluding hydrogens is 312 g/mol. The minimum Gasteiger partial charge on any atom is -0.494 e. The van der Waals surface area contributed by atoms with Crippen LogP contribution >= 0.6 is 0 Å². The van der Waals surface area contributed by atoms with Crippen LogP contribution < -0.4 is 0 Å². The summed E-state index contributed by atoms with van der Waals surface area (Å²) in [6, 6.07) is 9.47. The fraction of sp³-hybridized carbons (Fsp3) is 0.0625. The highest BCUT2D eigenvalue weighted by Gasteiger charge is 2.34. The molecule has 0 aliphatic heterocycles. The van der Waals surface area contributed by atoms with E-state index < -0.39 is 17.6 Å². The second kappa shape index (κ2) is 5.42. The number of nitrogens with one attached hydrogen (secondary N) is 1. The smallest absolute Gasteiger partial charge is 0.419 e. The molecular formula is C16H10F4N2O. The molecule has 1 aromatic heterocycles. The summed E-state index contributed by atoms with van der Waals surface area (Å²) in [6.07, 6.45) is -3.56. The van der Waals surface area contributed by atoms with Gasteiger partial charge in [-0.3, -0.25) is 4.99 Å². The Morgan fingerprint density at radius 3 is 2.57 bits per heavy atom. The SMILES string of the molecule is Oc1[nH]c2ccccc2c1C=Nc1ccc(F)c(C(F)(F)F)c1. The first-order valence-electron chi connectivity index (χ1n) is 6.57. The lowest BCUT2D eigenvalue weighted by Crippen LogP contribution is -2.07. The predicted molar refractivity (Wildman–Crippen MR) is 78.6 cm³/mol. The van der Waals surface area contributed by atoms with Crippen molar-refractivity contribution < 1.29 is 22.7 Å². The van der Waals surface area contributed by atoms with Gasteiger partial charge in [-0.05, 0) is 24.3 Å². The molecule has 3 aromatic rings. The highest BCUT2D eigenvalue weighted by atomic mass is 19.4. The van der Waals surface area contributed by atoms with Crippen molar-refractivity contribution in [3.63, 3.8) is 0 Å². The lowest BCUT2D eigenvalue weighted by molar-refractivity contribution is -0.139. The van der Waals surface area contributed by atoms with Crippen LogP contribution in [0.4, 0.5) is 23.2 Å². The summed E-state index contributed by atoms with van der Waals surface area (Å²) >= 11 is 0. The molecule has 1 heterocycles. The largest absolute Gasteiger partial charge is 0.494 e. The van der Waals surface area contributed by atoms with E-state index in [1.807, 2.05) is 0 Å². The maximum Gasteiger partial charge on any atom is 0.419 e. The fourth-order valence-corrected chi connectivity index (χ4v) is 2.23. The molecule has 0 fully saturated rings. The number of alkyl halides is 3. The number of nitrogens with zero attached hydrogens (tertiary/aromatic N) is 1. The van der Waals surface area contributed by atoms with Crippen LogP contribution in [-0.2, 0) is 6.18 Å². The van der Waals surface area contributed by atoms with Crippen LogP contribution in [0.2, 0.25) is 0 Å². The minimum absolute atomic E-state index is 0.0663. The molecule has 0 unspecified atom stereocenters. The first-order chi connectivity index (χ1) is 10.9. The Morgan fingerprint density at radius 2 is 1.83 bits per heavy atom. The standard InChI is InChI=1S/C16H10F4N2O/c17-13-6-5-9(7-12(13)16(18,19)20)21-8-11-10-3-1-2-4-14(10)22-15(11)23/h1-8,22-23H. The molecule has 0 atom stereocenters. The number of aromatic hydroxyl groups is 1. The molecule has 0 bridgehead atoms. The summed E-state index contributed by atoms with van der Waals surface area (Å²) in [5, 5.41) is 10.5. The normalized spacial score (nSPS) is 12.3. The number of H-pyrrole nitrogens is 1. The first-order valence-corrected chi connectivity index (χ1v) is 6.57. The number of rotatable bonds is 2. The first kappa shape index (κ1) is 15.1. The maximum atomic E-state index is 13.2. The van der Waals surface area contributed by atoms with Gasteiger partial charge in [0.2, 0.25) is 0 Å². The second-order valence-corrected chi connectivity index (χ2v) is 4.85. The highest BCUT2D eigenvalue weighted by Crippen LogP contribution is 2.34. The second-order valence-electron chi connectivity index (χ2n) is 4.85. The van der Waals surface area contributed by atoms with Gasteiger partial charge in [-0.1, -0.05) is 18.2 Å². The number of fused-ring (bicyclic) bond motifs is 1. The summed E-state index contributed by atoms with van der Waals surface area (Å²) < 4.78 is 51.3. The van der Waals surface area contributed by atoms with Crippen molar-refractivity contribution in [2.45, 2.75) is 6.18 Å². The average molecular weight is 322 g/mol. The lowest BCUT2D eigenvalue weighted by atomic mass is 10.1.